The summed E-state index contributed by atoms with van der Waals surface area (Å²) in [7, 11) is 2.43. The molecule has 2 N–H and O–H groups in total. The number of aromatic amines is 1. The second-order valence-electron chi connectivity index (χ2n) is 6.92. The minimum atomic E-state index is -1.06. The van der Waals surface area contributed by atoms with Gasteiger partial charge in [0.15, 0.2) is 0 Å². The summed E-state index contributed by atoms with van der Waals surface area (Å²) in [5, 5.41) is 2.61. The number of benzene rings is 1. The average Bonchev–Trinajstić information content (AvgIpc) is 3.24. The fourth-order valence-corrected chi connectivity index (χ4v) is 3.85. The number of nitrogens with zero attached hydrogens (tertiary/aromatic N) is 2. The van der Waals surface area contributed by atoms with Crippen molar-refractivity contribution in [2.45, 2.75) is 31.3 Å². The summed E-state index contributed by atoms with van der Waals surface area (Å²) in [4.78, 5) is 45.5. The number of methoxy groups -OCH3 is 2. The number of esters is 2. The van der Waals surface area contributed by atoms with Crippen LogP contribution in [0.5, 0.6) is 0 Å². The molecule has 1 aromatic heterocycles. The normalized spacial score (nSPS) is 16.3. The molecule has 11 heteroatoms. The lowest BCUT2D eigenvalue weighted by Crippen LogP contribution is -2.51. The Morgan fingerprint density at radius 2 is 2.13 bits per heavy atom. The quantitative estimate of drug-likeness (QED) is 0.593. The zero-order valence-corrected chi connectivity index (χ0v) is 18.6. The van der Waals surface area contributed by atoms with Crippen molar-refractivity contribution < 1.29 is 28.2 Å². The fraction of sp³-hybridized carbons (Fsp3) is 0.400. The highest BCUT2D eigenvalue weighted by atomic mass is 79.9. The second kappa shape index (κ2) is 9.90. The van der Waals surface area contributed by atoms with E-state index in [-0.39, 0.29) is 24.9 Å². The van der Waals surface area contributed by atoms with E-state index in [9.17, 15) is 18.8 Å². The number of urea groups is 1. The highest BCUT2D eigenvalue weighted by Gasteiger charge is 2.37. The van der Waals surface area contributed by atoms with Crippen LogP contribution in [0.2, 0.25) is 0 Å². The van der Waals surface area contributed by atoms with Crippen LogP contribution < -0.4 is 5.32 Å². The first-order chi connectivity index (χ1) is 14.8. The second-order valence-corrected chi connectivity index (χ2v) is 7.83. The van der Waals surface area contributed by atoms with Gasteiger partial charge in [0.2, 0.25) is 0 Å². The number of H-pyrrole nitrogens is 1. The first kappa shape index (κ1) is 22.7. The van der Waals surface area contributed by atoms with Gasteiger partial charge < -0.3 is 24.7 Å². The Kier molecular flexibility index (Phi) is 7.26. The van der Waals surface area contributed by atoms with E-state index in [1.165, 1.54) is 31.5 Å². The summed E-state index contributed by atoms with van der Waals surface area (Å²) in [6.07, 6.45) is 1.92. The first-order valence-corrected chi connectivity index (χ1v) is 10.3. The number of fused-ring (bicyclic) bond motifs is 1. The zero-order valence-electron chi connectivity index (χ0n) is 17.0. The van der Waals surface area contributed by atoms with Crippen molar-refractivity contribution in [3.05, 3.63) is 51.8 Å². The lowest BCUT2D eigenvalue weighted by molar-refractivity contribution is -0.144. The maximum atomic E-state index is 14.8. The van der Waals surface area contributed by atoms with Crippen LogP contribution in [0.3, 0.4) is 0 Å². The van der Waals surface area contributed by atoms with Gasteiger partial charge in [-0.15, -0.1) is 0 Å². The summed E-state index contributed by atoms with van der Waals surface area (Å²) in [6, 6.07) is 2.14. The summed E-state index contributed by atoms with van der Waals surface area (Å²) in [5.74, 6) is -1.71. The molecule has 3 rings (SSSR count). The monoisotopic (exact) mass is 496 g/mol. The molecule has 0 bridgehead atoms. The minimum Gasteiger partial charge on any atom is -0.469 e. The predicted octanol–water partition coefficient (Wildman–Crippen LogP) is 2.46. The summed E-state index contributed by atoms with van der Waals surface area (Å²) >= 11 is 3.24. The van der Waals surface area contributed by atoms with Crippen molar-refractivity contribution in [1.82, 2.24) is 20.2 Å². The number of nitrogens with one attached hydrogen (secondary N) is 2. The number of imidazole rings is 1. The molecule has 0 radical (unpaired) electrons. The van der Waals surface area contributed by atoms with Gasteiger partial charge in [0.1, 0.15) is 17.9 Å². The summed E-state index contributed by atoms with van der Waals surface area (Å²) < 4.78 is 24.7. The van der Waals surface area contributed by atoms with Crippen LogP contribution in [-0.2, 0) is 25.5 Å². The number of carbonyl (C=O) groups is 3. The molecule has 1 aliphatic rings. The topological polar surface area (TPSA) is 114 Å². The molecule has 166 valence electrons. The minimum absolute atomic E-state index is 0.00386. The highest BCUT2D eigenvalue weighted by Crippen LogP contribution is 2.35. The third kappa shape index (κ3) is 5.04. The van der Waals surface area contributed by atoms with E-state index in [1.54, 1.807) is 12.1 Å². The molecule has 0 spiro atoms. The van der Waals surface area contributed by atoms with Crippen molar-refractivity contribution in [2.75, 3.05) is 20.8 Å². The Morgan fingerprint density at radius 1 is 1.35 bits per heavy atom. The van der Waals surface area contributed by atoms with Gasteiger partial charge in [-0.2, -0.15) is 0 Å². The molecule has 1 unspecified atom stereocenters. The fourth-order valence-electron chi connectivity index (χ4n) is 3.52. The Hall–Kier alpha value is -2.95. The number of carbonyl (C=O) groups excluding carboxylic acids is 3. The van der Waals surface area contributed by atoms with Crippen LogP contribution in [0.1, 0.15) is 35.8 Å². The number of aromatic nitrogens is 2. The average molecular weight is 497 g/mol. The molecule has 2 atom stereocenters. The smallest absolute Gasteiger partial charge is 0.328 e. The number of amides is 2. The highest BCUT2D eigenvalue weighted by molar-refractivity contribution is 9.10. The van der Waals surface area contributed by atoms with Gasteiger partial charge in [0.05, 0.1) is 26.2 Å². The molecule has 1 aliphatic heterocycles. The zero-order chi connectivity index (χ0) is 22.5. The predicted molar refractivity (Wildman–Crippen MR) is 111 cm³/mol. The molecule has 0 saturated carbocycles. The molecular weight excluding hydrogens is 475 g/mol. The van der Waals surface area contributed by atoms with Crippen molar-refractivity contribution in [2.24, 2.45) is 0 Å². The molecule has 31 heavy (non-hydrogen) atoms. The van der Waals surface area contributed by atoms with E-state index in [2.05, 4.69) is 36.0 Å². The van der Waals surface area contributed by atoms with Crippen molar-refractivity contribution >= 4 is 33.9 Å². The molecule has 9 nitrogen and oxygen atoms in total. The standard InChI is InChI=1S/C20H22BrFN4O5/c1-30-16(27)6-5-15(19(28)31-2)25-20(29)26-8-7-14-17(24-10-23-14)18(26)12-4-3-11(21)9-13(12)22/h3-4,9-10,15,18H,5-8H2,1-2H3,(H,23,24)(H,25,29)/t15-,18?/m0/s1. The van der Waals surface area contributed by atoms with Gasteiger partial charge in [0, 0.05) is 35.1 Å². The number of hydrogen-bond donors (Lipinski definition) is 2. The summed E-state index contributed by atoms with van der Waals surface area (Å²) in [5.41, 5.74) is 1.62. The number of hydrogen-bond acceptors (Lipinski definition) is 6. The van der Waals surface area contributed by atoms with E-state index >= 15 is 0 Å². The number of ether oxygens (including phenoxy) is 2. The van der Waals surface area contributed by atoms with Gasteiger partial charge in [-0.3, -0.25) is 4.79 Å². The molecular formula is C20H22BrFN4O5. The van der Waals surface area contributed by atoms with Crippen LogP contribution in [-0.4, -0.2) is 59.6 Å². The molecule has 2 amide bonds. The molecule has 0 saturated heterocycles. The summed E-state index contributed by atoms with van der Waals surface area (Å²) in [6.45, 7) is 0.270. The number of rotatable bonds is 6. The Morgan fingerprint density at radius 3 is 2.81 bits per heavy atom. The van der Waals surface area contributed by atoms with E-state index < -0.39 is 35.9 Å². The molecule has 0 aliphatic carbocycles. The van der Waals surface area contributed by atoms with Gasteiger partial charge in [0.25, 0.3) is 0 Å². The van der Waals surface area contributed by atoms with Crippen molar-refractivity contribution in [3.63, 3.8) is 0 Å². The maximum absolute atomic E-state index is 14.8. The van der Waals surface area contributed by atoms with Crippen LogP contribution in [0.25, 0.3) is 0 Å². The van der Waals surface area contributed by atoms with Crippen LogP contribution >= 0.6 is 15.9 Å². The Labute approximate surface area is 186 Å². The van der Waals surface area contributed by atoms with Gasteiger partial charge in [-0.05, 0) is 18.6 Å². The largest absolute Gasteiger partial charge is 0.469 e. The Bertz CT molecular complexity index is 982. The molecule has 1 aromatic carbocycles. The molecule has 0 fully saturated rings. The van der Waals surface area contributed by atoms with Crippen LogP contribution in [0.4, 0.5) is 9.18 Å². The maximum Gasteiger partial charge on any atom is 0.328 e. The third-order valence-corrected chi connectivity index (χ3v) is 5.58. The molecule has 2 aromatic rings. The van der Waals surface area contributed by atoms with E-state index in [1.807, 2.05) is 0 Å². The Balaban J connectivity index is 1.88. The third-order valence-electron chi connectivity index (χ3n) is 5.09. The van der Waals surface area contributed by atoms with Gasteiger partial charge in [-0.1, -0.05) is 22.0 Å². The van der Waals surface area contributed by atoms with E-state index in [4.69, 9.17) is 4.74 Å². The van der Waals surface area contributed by atoms with Crippen molar-refractivity contribution in [3.8, 4) is 0 Å². The van der Waals surface area contributed by atoms with E-state index in [0.29, 0.717) is 16.6 Å². The van der Waals surface area contributed by atoms with Crippen LogP contribution in [0.15, 0.2) is 29.0 Å². The molecule has 2 heterocycles. The van der Waals surface area contributed by atoms with Gasteiger partial charge >= 0.3 is 18.0 Å². The number of halogens is 2. The lowest BCUT2D eigenvalue weighted by Gasteiger charge is -2.36. The van der Waals surface area contributed by atoms with Gasteiger partial charge in [-0.25, -0.2) is 19.0 Å². The van der Waals surface area contributed by atoms with Crippen molar-refractivity contribution in [1.29, 1.82) is 0 Å². The first-order valence-electron chi connectivity index (χ1n) is 9.54. The van der Waals surface area contributed by atoms with Crippen LogP contribution in [0, 0.1) is 5.82 Å². The lowest BCUT2D eigenvalue weighted by atomic mass is 9.95. The SMILES string of the molecule is COC(=O)CC[C@H](NC(=O)N1CCc2[nH]cnc2C1c1ccc(Br)cc1F)C(=O)OC. The van der Waals surface area contributed by atoms with E-state index in [0.717, 1.165) is 5.69 Å².